The van der Waals surface area contributed by atoms with Gasteiger partial charge in [0.25, 0.3) is 11.8 Å². The Kier molecular flexibility index (Phi) is 10.9. The molecule has 0 aromatic heterocycles. The summed E-state index contributed by atoms with van der Waals surface area (Å²) in [7, 11) is 2.96. The molecular formula is C29H31N3O8. The average molecular weight is 550 g/mol. The molecule has 0 bridgehead atoms. The number of methoxy groups -OCH3 is 2. The first kappa shape index (κ1) is 29.5. The number of rotatable bonds is 13. The van der Waals surface area contributed by atoms with E-state index in [1.165, 1.54) is 26.5 Å². The first-order chi connectivity index (χ1) is 19.4. The SMILES string of the molecule is CCOc1ccc(C(=O)Oc2ccc(/C=N/NC(=O)CNC(=O)c3ccc(OC)c(OC)c3)cc2OCC)cc1. The predicted octanol–water partition coefficient (Wildman–Crippen LogP) is 3.60. The lowest BCUT2D eigenvalue weighted by atomic mass is 10.2. The molecule has 2 amide bonds. The van der Waals surface area contributed by atoms with E-state index in [-0.39, 0.29) is 12.3 Å². The molecule has 0 spiro atoms. The zero-order valence-corrected chi connectivity index (χ0v) is 22.7. The van der Waals surface area contributed by atoms with Crippen LogP contribution in [0.2, 0.25) is 0 Å². The molecule has 0 aliphatic heterocycles. The van der Waals surface area contributed by atoms with Crippen molar-refractivity contribution in [1.82, 2.24) is 10.7 Å². The molecule has 3 aromatic rings. The number of amides is 2. The Bertz CT molecular complexity index is 1360. The highest BCUT2D eigenvalue weighted by Crippen LogP contribution is 2.29. The molecule has 0 unspecified atom stereocenters. The van der Waals surface area contributed by atoms with Crippen molar-refractivity contribution in [3.05, 3.63) is 77.4 Å². The largest absolute Gasteiger partial charge is 0.494 e. The molecule has 0 fully saturated rings. The van der Waals surface area contributed by atoms with Gasteiger partial charge in [0.05, 0.1) is 45.8 Å². The molecular weight excluding hydrogens is 518 g/mol. The van der Waals surface area contributed by atoms with Crippen LogP contribution in [0, 0.1) is 0 Å². The van der Waals surface area contributed by atoms with E-state index < -0.39 is 17.8 Å². The Balaban J connectivity index is 1.56. The van der Waals surface area contributed by atoms with Crippen LogP contribution in [-0.2, 0) is 4.79 Å². The summed E-state index contributed by atoms with van der Waals surface area (Å²) >= 11 is 0. The molecule has 210 valence electrons. The van der Waals surface area contributed by atoms with Gasteiger partial charge in [-0.15, -0.1) is 0 Å². The second-order valence-corrected chi connectivity index (χ2v) is 8.03. The van der Waals surface area contributed by atoms with Crippen molar-refractivity contribution in [2.45, 2.75) is 13.8 Å². The molecule has 2 N–H and O–H groups in total. The summed E-state index contributed by atoms with van der Waals surface area (Å²) in [5, 5.41) is 6.43. The molecule has 0 saturated carbocycles. The number of hydrazone groups is 1. The van der Waals surface area contributed by atoms with Gasteiger partial charge in [-0.25, -0.2) is 10.2 Å². The van der Waals surface area contributed by atoms with E-state index in [0.29, 0.717) is 52.9 Å². The highest BCUT2D eigenvalue weighted by molar-refractivity contribution is 5.97. The van der Waals surface area contributed by atoms with Crippen molar-refractivity contribution in [1.29, 1.82) is 0 Å². The van der Waals surface area contributed by atoms with E-state index in [0.717, 1.165) is 0 Å². The van der Waals surface area contributed by atoms with Gasteiger partial charge in [0, 0.05) is 5.56 Å². The monoisotopic (exact) mass is 549 g/mol. The number of ether oxygens (including phenoxy) is 5. The molecule has 11 nitrogen and oxygen atoms in total. The lowest BCUT2D eigenvalue weighted by Gasteiger charge is -2.11. The van der Waals surface area contributed by atoms with Crippen molar-refractivity contribution in [3.8, 4) is 28.7 Å². The first-order valence-electron chi connectivity index (χ1n) is 12.4. The zero-order valence-electron chi connectivity index (χ0n) is 22.7. The third-order valence-corrected chi connectivity index (χ3v) is 5.33. The van der Waals surface area contributed by atoms with Crippen molar-refractivity contribution in [2.24, 2.45) is 5.10 Å². The highest BCUT2D eigenvalue weighted by Gasteiger charge is 2.14. The zero-order chi connectivity index (χ0) is 28.9. The Labute approximate surface area is 232 Å². The average Bonchev–Trinajstić information content (AvgIpc) is 2.97. The topological polar surface area (TPSA) is 134 Å². The van der Waals surface area contributed by atoms with Crippen LogP contribution >= 0.6 is 0 Å². The van der Waals surface area contributed by atoms with Crippen LogP contribution in [0.3, 0.4) is 0 Å². The van der Waals surface area contributed by atoms with Crippen molar-refractivity contribution in [2.75, 3.05) is 34.0 Å². The van der Waals surface area contributed by atoms with Gasteiger partial charge in [-0.2, -0.15) is 5.10 Å². The van der Waals surface area contributed by atoms with Crippen LogP contribution in [0.5, 0.6) is 28.7 Å². The molecule has 40 heavy (non-hydrogen) atoms. The van der Waals surface area contributed by atoms with E-state index in [4.69, 9.17) is 23.7 Å². The number of nitrogens with zero attached hydrogens (tertiary/aromatic N) is 1. The Hall–Kier alpha value is -5.06. The summed E-state index contributed by atoms with van der Waals surface area (Å²) in [5.41, 5.74) is 3.59. The summed E-state index contributed by atoms with van der Waals surface area (Å²) in [4.78, 5) is 37.1. The quantitative estimate of drug-likeness (QED) is 0.143. The van der Waals surface area contributed by atoms with Crippen LogP contribution in [-0.4, -0.2) is 58.0 Å². The van der Waals surface area contributed by atoms with Crippen LogP contribution in [0.15, 0.2) is 65.8 Å². The number of carbonyl (C=O) groups excluding carboxylic acids is 3. The third kappa shape index (κ3) is 8.22. The van der Waals surface area contributed by atoms with E-state index in [2.05, 4.69) is 15.8 Å². The maximum absolute atomic E-state index is 12.6. The number of nitrogens with one attached hydrogen (secondary N) is 2. The fraction of sp³-hybridized carbons (Fsp3) is 0.241. The molecule has 0 radical (unpaired) electrons. The first-order valence-corrected chi connectivity index (χ1v) is 12.4. The lowest BCUT2D eigenvalue weighted by Crippen LogP contribution is -2.34. The molecule has 3 rings (SSSR count). The molecule has 11 heteroatoms. The Morgan fingerprint density at radius 1 is 0.775 bits per heavy atom. The summed E-state index contributed by atoms with van der Waals surface area (Å²) in [6.07, 6.45) is 1.40. The number of carbonyl (C=O) groups is 3. The van der Waals surface area contributed by atoms with Gasteiger partial charge in [0.2, 0.25) is 0 Å². The number of esters is 1. The van der Waals surface area contributed by atoms with Gasteiger partial charge in [0.1, 0.15) is 5.75 Å². The standard InChI is InChI=1S/C29H31N3O8/c1-5-38-22-11-8-20(9-12-22)29(35)40-24-13-7-19(15-26(24)39-6-2)17-31-32-27(33)18-30-28(34)21-10-14-23(36-3)25(16-21)37-4/h7-17H,5-6,18H2,1-4H3,(H,30,34)(H,32,33)/b31-17+. The normalized spacial score (nSPS) is 10.5. The van der Waals surface area contributed by atoms with Gasteiger partial charge in [-0.05, 0) is 80.1 Å². The van der Waals surface area contributed by atoms with Crippen LogP contribution in [0.1, 0.15) is 40.1 Å². The van der Waals surface area contributed by atoms with Crippen LogP contribution in [0.4, 0.5) is 0 Å². The minimum absolute atomic E-state index is 0.236. The van der Waals surface area contributed by atoms with Gasteiger partial charge < -0.3 is 29.0 Å². The van der Waals surface area contributed by atoms with Crippen LogP contribution in [0.25, 0.3) is 0 Å². The van der Waals surface area contributed by atoms with E-state index in [9.17, 15) is 14.4 Å². The van der Waals surface area contributed by atoms with E-state index in [1.54, 1.807) is 61.5 Å². The molecule has 0 saturated heterocycles. The number of hydrogen-bond acceptors (Lipinski definition) is 9. The molecule has 0 heterocycles. The van der Waals surface area contributed by atoms with Crippen molar-refractivity contribution >= 4 is 24.0 Å². The maximum atomic E-state index is 12.6. The van der Waals surface area contributed by atoms with Crippen LogP contribution < -0.4 is 34.4 Å². The summed E-state index contributed by atoms with van der Waals surface area (Å²) in [6.45, 7) is 4.25. The fourth-order valence-electron chi connectivity index (χ4n) is 3.43. The highest BCUT2D eigenvalue weighted by atomic mass is 16.6. The van der Waals surface area contributed by atoms with Crippen molar-refractivity contribution < 1.29 is 38.1 Å². The smallest absolute Gasteiger partial charge is 0.343 e. The second kappa shape index (κ2) is 14.8. The van der Waals surface area contributed by atoms with Gasteiger partial charge in [-0.3, -0.25) is 9.59 Å². The number of benzene rings is 3. The van der Waals surface area contributed by atoms with Gasteiger partial charge >= 0.3 is 5.97 Å². The van der Waals surface area contributed by atoms with E-state index in [1.807, 2.05) is 6.92 Å². The Morgan fingerprint density at radius 3 is 2.12 bits per heavy atom. The molecule has 0 aliphatic carbocycles. The second-order valence-electron chi connectivity index (χ2n) is 8.03. The lowest BCUT2D eigenvalue weighted by molar-refractivity contribution is -0.120. The molecule has 0 atom stereocenters. The van der Waals surface area contributed by atoms with Gasteiger partial charge in [0.15, 0.2) is 23.0 Å². The molecule has 0 aliphatic rings. The number of hydrogen-bond donors (Lipinski definition) is 2. The summed E-state index contributed by atoms with van der Waals surface area (Å²) in [6, 6.07) is 16.1. The van der Waals surface area contributed by atoms with Crippen molar-refractivity contribution in [3.63, 3.8) is 0 Å². The third-order valence-electron chi connectivity index (χ3n) is 5.33. The Morgan fingerprint density at radius 2 is 1.45 bits per heavy atom. The van der Waals surface area contributed by atoms with E-state index >= 15 is 0 Å². The maximum Gasteiger partial charge on any atom is 0.343 e. The fourth-order valence-corrected chi connectivity index (χ4v) is 3.43. The minimum atomic E-state index is -0.548. The molecule has 3 aromatic carbocycles. The minimum Gasteiger partial charge on any atom is -0.494 e. The summed E-state index contributed by atoms with van der Waals surface area (Å²) in [5.74, 6) is 0.565. The predicted molar refractivity (Wildman–Crippen MR) is 148 cm³/mol. The summed E-state index contributed by atoms with van der Waals surface area (Å²) < 4.78 is 26.9. The van der Waals surface area contributed by atoms with Gasteiger partial charge in [-0.1, -0.05) is 0 Å².